The number of carbonyl (C=O) groups excluding carboxylic acids is 1. The molecule has 4 heteroatoms. The Kier molecular flexibility index (Phi) is 15.7. The van der Waals surface area contributed by atoms with Crippen molar-refractivity contribution in [1.82, 2.24) is 0 Å². The van der Waals surface area contributed by atoms with Crippen LogP contribution in [0, 0.1) is 0 Å². The fourth-order valence-corrected chi connectivity index (χ4v) is 4.52. The summed E-state index contributed by atoms with van der Waals surface area (Å²) in [7, 11) is -0.863. The lowest BCUT2D eigenvalue weighted by Crippen LogP contribution is -2.15. The van der Waals surface area contributed by atoms with Crippen LogP contribution in [0.4, 0.5) is 0 Å². The lowest BCUT2D eigenvalue weighted by molar-refractivity contribution is -0.111. The van der Waals surface area contributed by atoms with Gasteiger partial charge in [0.05, 0.1) is 0 Å². The molecule has 0 radical (unpaired) electrons. The van der Waals surface area contributed by atoms with Crippen molar-refractivity contribution < 1.29 is 9.22 Å². The van der Waals surface area contributed by atoms with E-state index in [4.69, 9.17) is 4.43 Å². The number of carbonyl (C=O) groups is 1. The summed E-state index contributed by atoms with van der Waals surface area (Å²) in [4.78, 5) is 11.6. The molecule has 0 aromatic carbocycles. The minimum absolute atomic E-state index is 0.386. The predicted octanol–water partition coefficient (Wildman–Crippen LogP) is 5.17. The maximum Gasteiger partial charge on any atom is 0.188 e. The Morgan fingerprint density at radius 1 is 0.950 bits per heavy atom. The summed E-state index contributed by atoms with van der Waals surface area (Å²) in [6.07, 6.45) is 9.15. The first-order valence-corrected chi connectivity index (χ1v) is 11.6. The first-order valence-electron chi connectivity index (χ1n) is 8.51. The number of thioether (sulfide) groups is 1. The van der Waals surface area contributed by atoms with Gasteiger partial charge in [-0.1, -0.05) is 58.2 Å². The molecule has 0 aromatic rings. The third-order valence-corrected chi connectivity index (χ3v) is 7.10. The summed E-state index contributed by atoms with van der Waals surface area (Å²) in [6.45, 7) is 7.59. The Morgan fingerprint density at radius 3 is 2.30 bits per heavy atom. The summed E-state index contributed by atoms with van der Waals surface area (Å²) in [5.74, 6) is 0.974. The lowest BCUT2D eigenvalue weighted by atomic mass is 10.1. The second-order valence-electron chi connectivity index (χ2n) is 5.40. The molecule has 0 saturated heterocycles. The Hall–Kier alpha value is 0.197. The van der Waals surface area contributed by atoms with Gasteiger partial charge in [-0.3, -0.25) is 4.79 Å². The second kappa shape index (κ2) is 15.6. The van der Waals surface area contributed by atoms with E-state index in [9.17, 15) is 4.79 Å². The van der Waals surface area contributed by atoms with Gasteiger partial charge in [-0.25, -0.2) is 0 Å². The molecule has 0 saturated carbocycles. The summed E-state index contributed by atoms with van der Waals surface area (Å²) in [5.41, 5.74) is 0. The lowest BCUT2D eigenvalue weighted by Gasteiger charge is -2.11. The van der Waals surface area contributed by atoms with Crippen LogP contribution in [0.1, 0.15) is 72.1 Å². The van der Waals surface area contributed by atoms with E-state index in [1.807, 2.05) is 0 Å². The molecule has 0 aliphatic rings. The summed E-state index contributed by atoms with van der Waals surface area (Å²) in [6, 6.07) is 2.48. The highest BCUT2D eigenvalue weighted by Crippen LogP contribution is 2.13. The molecule has 0 aliphatic carbocycles. The van der Waals surface area contributed by atoms with Crippen molar-refractivity contribution in [3.63, 3.8) is 0 Å². The minimum Gasteiger partial charge on any atom is -0.420 e. The fourth-order valence-electron chi connectivity index (χ4n) is 2.11. The van der Waals surface area contributed by atoms with Crippen molar-refractivity contribution in [2.75, 3.05) is 12.4 Å². The van der Waals surface area contributed by atoms with Crippen molar-refractivity contribution in [2.45, 2.75) is 84.2 Å². The zero-order valence-corrected chi connectivity index (χ0v) is 15.8. The molecule has 0 spiro atoms. The molecule has 0 aliphatic heterocycles. The van der Waals surface area contributed by atoms with Gasteiger partial charge in [0.1, 0.15) is 0 Å². The quantitative estimate of drug-likeness (QED) is 0.326. The average Bonchev–Trinajstić information content (AvgIpc) is 2.46. The van der Waals surface area contributed by atoms with Gasteiger partial charge in [-0.05, 0) is 31.4 Å². The Morgan fingerprint density at radius 2 is 1.65 bits per heavy atom. The maximum atomic E-state index is 11.6. The first kappa shape index (κ1) is 20.2. The van der Waals surface area contributed by atoms with E-state index in [1.54, 1.807) is 0 Å². The van der Waals surface area contributed by atoms with Crippen LogP contribution < -0.4 is 0 Å². The Labute approximate surface area is 132 Å². The van der Waals surface area contributed by atoms with Crippen molar-refractivity contribution in [3.8, 4) is 0 Å². The smallest absolute Gasteiger partial charge is 0.188 e. The third-order valence-electron chi connectivity index (χ3n) is 3.55. The molecule has 0 heterocycles. The third kappa shape index (κ3) is 13.2. The standard InChI is InChI=1S/C16H34O2SSi/c1-4-7-8-9-10-13-16(17)19-15-12-11-14-18-20(5-2)6-3/h20H,4-15H2,1-3H3. The topological polar surface area (TPSA) is 26.3 Å². The van der Waals surface area contributed by atoms with E-state index in [-0.39, 0.29) is 0 Å². The zero-order chi connectivity index (χ0) is 15.1. The van der Waals surface area contributed by atoms with Gasteiger partial charge in [0.25, 0.3) is 0 Å². The van der Waals surface area contributed by atoms with Gasteiger partial charge >= 0.3 is 0 Å². The van der Waals surface area contributed by atoms with Crippen LogP contribution in [0.25, 0.3) is 0 Å². The van der Waals surface area contributed by atoms with Crippen LogP contribution in [0.2, 0.25) is 12.1 Å². The summed E-state index contributed by atoms with van der Waals surface area (Å²) < 4.78 is 5.89. The molecule has 0 fully saturated rings. The molecular weight excluding hydrogens is 284 g/mol. The van der Waals surface area contributed by atoms with Crippen LogP contribution in [0.5, 0.6) is 0 Å². The normalized spacial score (nSPS) is 11.2. The highest BCUT2D eigenvalue weighted by atomic mass is 32.2. The Balaban J connectivity index is 3.27. The molecule has 0 atom stereocenters. The highest BCUT2D eigenvalue weighted by Gasteiger charge is 2.06. The van der Waals surface area contributed by atoms with Crippen molar-refractivity contribution in [3.05, 3.63) is 0 Å². The van der Waals surface area contributed by atoms with E-state index < -0.39 is 9.04 Å². The van der Waals surface area contributed by atoms with Crippen LogP contribution in [-0.4, -0.2) is 26.5 Å². The monoisotopic (exact) mass is 318 g/mol. The molecule has 0 N–H and O–H groups in total. The molecule has 20 heavy (non-hydrogen) atoms. The average molecular weight is 319 g/mol. The van der Waals surface area contributed by atoms with E-state index in [1.165, 1.54) is 49.5 Å². The highest BCUT2D eigenvalue weighted by molar-refractivity contribution is 8.13. The van der Waals surface area contributed by atoms with Gasteiger partial charge in [-0.15, -0.1) is 0 Å². The molecule has 0 rings (SSSR count). The van der Waals surface area contributed by atoms with Gasteiger partial charge in [0.2, 0.25) is 0 Å². The fraction of sp³-hybridized carbons (Fsp3) is 0.938. The number of hydrogen-bond donors (Lipinski definition) is 0. The van der Waals surface area contributed by atoms with E-state index in [0.717, 1.165) is 38.0 Å². The molecule has 0 bridgehead atoms. The first-order chi connectivity index (χ1) is 9.74. The molecule has 120 valence electrons. The van der Waals surface area contributed by atoms with Crippen molar-refractivity contribution in [1.29, 1.82) is 0 Å². The summed E-state index contributed by atoms with van der Waals surface area (Å²) in [5, 5.41) is 0.386. The number of rotatable bonds is 14. The molecular formula is C16H34O2SSi. The molecule has 2 nitrogen and oxygen atoms in total. The van der Waals surface area contributed by atoms with E-state index >= 15 is 0 Å². The minimum atomic E-state index is -0.863. The Bertz CT molecular complexity index is 221. The van der Waals surface area contributed by atoms with Crippen molar-refractivity contribution >= 4 is 25.9 Å². The molecule has 0 amide bonds. The number of unbranched alkanes of at least 4 members (excludes halogenated alkanes) is 5. The largest absolute Gasteiger partial charge is 0.420 e. The zero-order valence-electron chi connectivity index (χ0n) is 13.8. The summed E-state index contributed by atoms with van der Waals surface area (Å²) >= 11 is 1.53. The van der Waals surface area contributed by atoms with Crippen molar-refractivity contribution in [2.24, 2.45) is 0 Å². The van der Waals surface area contributed by atoms with Gasteiger partial charge < -0.3 is 4.43 Å². The van der Waals surface area contributed by atoms with Crippen LogP contribution >= 0.6 is 11.8 Å². The van der Waals surface area contributed by atoms with Crippen LogP contribution in [-0.2, 0) is 9.22 Å². The predicted molar refractivity (Wildman–Crippen MR) is 94.1 cm³/mol. The maximum absolute atomic E-state index is 11.6. The SMILES string of the molecule is CCCCCCCC(=O)SCCCCO[SiH](CC)CC. The molecule has 0 unspecified atom stereocenters. The van der Waals surface area contributed by atoms with E-state index in [0.29, 0.717) is 5.12 Å². The molecule has 0 aromatic heterocycles. The van der Waals surface area contributed by atoms with Crippen LogP contribution in [0.15, 0.2) is 0 Å². The van der Waals surface area contributed by atoms with Crippen LogP contribution in [0.3, 0.4) is 0 Å². The van der Waals surface area contributed by atoms with Gasteiger partial charge in [0, 0.05) is 18.8 Å². The number of hydrogen-bond acceptors (Lipinski definition) is 3. The van der Waals surface area contributed by atoms with E-state index in [2.05, 4.69) is 20.8 Å². The van der Waals surface area contributed by atoms with Gasteiger partial charge in [-0.2, -0.15) is 0 Å². The van der Waals surface area contributed by atoms with Gasteiger partial charge in [0.15, 0.2) is 14.2 Å². The second-order valence-corrected chi connectivity index (χ2v) is 9.76.